The first-order valence-electron chi connectivity index (χ1n) is 7.10. The number of sulfonamides is 1. The minimum atomic E-state index is -3.94. The van der Waals surface area contributed by atoms with Gasteiger partial charge < -0.3 is 4.74 Å². The summed E-state index contributed by atoms with van der Waals surface area (Å²) in [5, 5.41) is 0.119. The topological polar surface area (TPSA) is 85.4 Å². The molecule has 1 fully saturated rings. The fourth-order valence-electron chi connectivity index (χ4n) is 2.60. The largest absolute Gasteiger partial charge is 0.381 e. The van der Waals surface area contributed by atoms with E-state index in [1.807, 2.05) is 0 Å². The van der Waals surface area contributed by atoms with Gasteiger partial charge in [-0.15, -0.1) is 0 Å². The Morgan fingerprint density at radius 3 is 2.59 bits per heavy atom. The van der Waals surface area contributed by atoms with Crippen molar-refractivity contribution in [1.29, 1.82) is 0 Å². The average molecular weight is 347 g/mol. The number of halogens is 1. The van der Waals surface area contributed by atoms with Gasteiger partial charge in [-0.1, -0.05) is 11.6 Å². The fraction of sp³-hybridized carbons (Fsp3) is 0.571. The third-order valence-corrected chi connectivity index (χ3v) is 5.34. The maximum Gasteiger partial charge on any atom is 0.281 e. The van der Waals surface area contributed by atoms with Crippen LogP contribution in [0.1, 0.15) is 32.1 Å². The van der Waals surface area contributed by atoms with Crippen LogP contribution in [0.15, 0.2) is 23.4 Å². The Morgan fingerprint density at radius 2 is 2.05 bits per heavy atom. The number of hydrogen-bond acceptors (Lipinski definition) is 5. The molecule has 0 spiro atoms. The Balaban J connectivity index is 1.90. The van der Waals surface area contributed by atoms with Crippen LogP contribution in [0.2, 0.25) is 5.02 Å². The van der Waals surface area contributed by atoms with Crippen molar-refractivity contribution in [2.24, 2.45) is 5.92 Å². The van der Waals surface area contributed by atoms with Crippen molar-refractivity contribution < 1.29 is 17.9 Å². The summed E-state index contributed by atoms with van der Waals surface area (Å²) in [6.45, 7) is 0. The molecular weight excluding hydrogens is 328 g/mol. The quantitative estimate of drug-likeness (QED) is 0.882. The molecule has 1 saturated carbocycles. The summed E-state index contributed by atoms with van der Waals surface area (Å²) in [4.78, 5) is 15.7. The summed E-state index contributed by atoms with van der Waals surface area (Å²) in [5.74, 6) is -0.308. The van der Waals surface area contributed by atoms with Gasteiger partial charge in [0.2, 0.25) is 5.91 Å². The zero-order chi connectivity index (χ0) is 16.2. The lowest BCUT2D eigenvalue weighted by Gasteiger charge is -2.27. The molecule has 0 saturated heterocycles. The van der Waals surface area contributed by atoms with Gasteiger partial charge in [-0.3, -0.25) is 4.79 Å². The van der Waals surface area contributed by atoms with Gasteiger partial charge in [-0.05, 0) is 43.7 Å². The third kappa shape index (κ3) is 4.66. The molecule has 1 heterocycles. The van der Waals surface area contributed by atoms with Crippen LogP contribution in [0, 0.1) is 5.92 Å². The highest BCUT2D eigenvalue weighted by atomic mass is 35.5. The van der Waals surface area contributed by atoms with Crippen molar-refractivity contribution in [3.8, 4) is 0 Å². The Morgan fingerprint density at radius 1 is 1.36 bits per heavy atom. The maximum atomic E-state index is 12.0. The number of nitrogens with one attached hydrogen (secondary N) is 1. The zero-order valence-electron chi connectivity index (χ0n) is 12.3. The van der Waals surface area contributed by atoms with Crippen LogP contribution >= 0.6 is 11.6 Å². The molecule has 8 heteroatoms. The van der Waals surface area contributed by atoms with Gasteiger partial charge in [-0.2, -0.15) is 8.42 Å². The monoisotopic (exact) mass is 346 g/mol. The Bertz CT molecular complexity index is 610. The van der Waals surface area contributed by atoms with Crippen LogP contribution in [0.4, 0.5) is 0 Å². The number of rotatable bonds is 5. The minimum absolute atomic E-state index is 0.194. The highest BCUT2D eigenvalue weighted by Crippen LogP contribution is 2.28. The lowest BCUT2D eigenvalue weighted by molar-refractivity contribution is -0.120. The van der Waals surface area contributed by atoms with E-state index in [2.05, 4.69) is 9.71 Å². The van der Waals surface area contributed by atoms with Gasteiger partial charge in [0.05, 0.1) is 11.1 Å². The number of methoxy groups -OCH3 is 1. The molecule has 0 unspecified atom stereocenters. The molecule has 1 amide bonds. The normalized spacial score (nSPS) is 22.3. The molecule has 122 valence electrons. The third-order valence-electron chi connectivity index (χ3n) is 3.82. The second-order valence-corrected chi connectivity index (χ2v) is 7.49. The summed E-state index contributed by atoms with van der Waals surface area (Å²) in [6.07, 6.45) is 5.22. The summed E-state index contributed by atoms with van der Waals surface area (Å²) >= 11 is 5.67. The fourth-order valence-corrected chi connectivity index (χ4v) is 3.64. The minimum Gasteiger partial charge on any atom is -0.381 e. The number of hydrogen-bond donors (Lipinski definition) is 1. The van der Waals surface area contributed by atoms with Crippen molar-refractivity contribution in [3.63, 3.8) is 0 Å². The van der Waals surface area contributed by atoms with Crippen LogP contribution in [0.25, 0.3) is 0 Å². The summed E-state index contributed by atoms with van der Waals surface area (Å²) < 4.78 is 31.4. The van der Waals surface area contributed by atoms with E-state index < -0.39 is 15.9 Å². The highest BCUT2D eigenvalue weighted by molar-refractivity contribution is 7.90. The second kappa shape index (κ2) is 7.39. The maximum absolute atomic E-state index is 12.0. The lowest BCUT2D eigenvalue weighted by atomic mass is 9.85. The van der Waals surface area contributed by atoms with Crippen molar-refractivity contribution in [2.75, 3.05) is 7.11 Å². The number of nitrogens with zero attached hydrogens (tertiary/aromatic N) is 1. The van der Waals surface area contributed by atoms with Crippen LogP contribution < -0.4 is 4.72 Å². The van der Waals surface area contributed by atoms with Gasteiger partial charge in [0.1, 0.15) is 0 Å². The van der Waals surface area contributed by atoms with E-state index >= 15 is 0 Å². The van der Waals surface area contributed by atoms with E-state index in [1.165, 1.54) is 18.3 Å². The highest BCUT2D eigenvalue weighted by Gasteiger charge is 2.25. The Kier molecular flexibility index (Phi) is 5.77. The first-order chi connectivity index (χ1) is 10.4. The van der Waals surface area contributed by atoms with Crippen LogP contribution in [0.3, 0.4) is 0 Å². The molecule has 1 aliphatic carbocycles. The van der Waals surface area contributed by atoms with E-state index in [-0.39, 0.29) is 23.5 Å². The molecule has 0 aliphatic heterocycles. The molecule has 1 aromatic rings. The summed E-state index contributed by atoms with van der Waals surface area (Å²) in [5.41, 5.74) is 0. The number of carbonyl (C=O) groups excluding carboxylic acids is 1. The zero-order valence-corrected chi connectivity index (χ0v) is 13.9. The molecule has 0 radical (unpaired) electrons. The van der Waals surface area contributed by atoms with Crippen molar-refractivity contribution >= 4 is 27.5 Å². The molecule has 1 N–H and O–H groups in total. The predicted molar refractivity (Wildman–Crippen MR) is 81.9 cm³/mol. The van der Waals surface area contributed by atoms with Crippen LogP contribution in [-0.4, -0.2) is 32.5 Å². The van der Waals surface area contributed by atoms with E-state index in [9.17, 15) is 13.2 Å². The van der Waals surface area contributed by atoms with Gasteiger partial charge in [0.15, 0.2) is 5.03 Å². The molecule has 2 rings (SSSR count). The molecular formula is C14H19ClN2O4S. The molecule has 1 aromatic heterocycles. The summed E-state index contributed by atoms with van der Waals surface area (Å²) in [6, 6.07) is 2.68. The first-order valence-corrected chi connectivity index (χ1v) is 8.97. The van der Waals surface area contributed by atoms with Crippen LogP contribution in [0.5, 0.6) is 0 Å². The number of ether oxygens (including phenoxy) is 1. The van der Waals surface area contributed by atoms with E-state index in [1.54, 1.807) is 7.11 Å². The standard InChI is InChI=1S/C14H19ClN2O4S/c1-21-12-5-2-10(3-6-12)8-13(18)17-22(19,20)14-7-4-11(15)9-16-14/h4,7,9-10,12H,2-3,5-6,8H2,1H3,(H,17,18). The van der Waals surface area contributed by atoms with Crippen LogP contribution in [-0.2, 0) is 19.6 Å². The second-order valence-electron chi connectivity index (χ2n) is 5.43. The Hall–Kier alpha value is -1.18. The predicted octanol–water partition coefficient (Wildman–Crippen LogP) is 2.14. The smallest absolute Gasteiger partial charge is 0.281 e. The van der Waals surface area contributed by atoms with E-state index in [4.69, 9.17) is 16.3 Å². The SMILES string of the molecule is COC1CCC(CC(=O)NS(=O)(=O)c2ccc(Cl)cn2)CC1. The molecule has 22 heavy (non-hydrogen) atoms. The Labute approximate surface area is 135 Å². The summed E-state index contributed by atoms with van der Waals surface area (Å²) in [7, 11) is -2.25. The van der Waals surface area contributed by atoms with Crippen molar-refractivity contribution in [3.05, 3.63) is 23.4 Å². The number of carbonyl (C=O) groups is 1. The van der Waals surface area contributed by atoms with Crippen molar-refractivity contribution in [1.82, 2.24) is 9.71 Å². The average Bonchev–Trinajstić information content (AvgIpc) is 2.48. The number of pyridine rings is 1. The van der Waals surface area contributed by atoms with Crippen molar-refractivity contribution in [2.45, 2.75) is 43.2 Å². The van der Waals surface area contributed by atoms with Gasteiger partial charge >= 0.3 is 0 Å². The number of amides is 1. The van der Waals surface area contributed by atoms with Gasteiger partial charge in [0, 0.05) is 19.7 Å². The van der Waals surface area contributed by atoms with E-state index in [0.717, 1.165) is 25.7 Å². The molecule has 1 aliphatic rings. The molecule has 0 aromatic carbocycles. The molecule has 6 nitrogen and oxygen atoms in total. The first kappa shape index (κ1) is 17.2. The lowest BCUT2D eigenvalue weighted by Crippen LogP contribution is -2.33. The molecule has 0 bridgehead atoms. The van der Waals surface area contributed by atoms with Gasteiger partial charge in [-0.25, -0.2) is 9.71 Å². The molecule has 0 atom stereocenters. The number of aromatic nitrogens is 1. The van der Waals surface area contributed by atoms with Gasteiger partial charge in [0.25, 0.3) is 10.0 Å². The van der Waals surface area contributed by atoms with E-state index in [0.29, 0.717) is 5.02 Å².